The van der Waals surface area contributed by atoms with E-state index in [1.54, 1.807) is 12.1 Å². The van der Waals surface area contributed by atoms with Crippen LogP contribution in [0.25, 0.3) is 0 Å². The van der Waals surface area contributed by atoms with E-state index in [9.17, 15) is 4.39 Å². The van der Waals surface area contributed by atoms with Crippen molar-refractivity contribution in [1.82, 2.24) is 5.32 Å². The first-order valence-corrected chi connectivity index (χ1v) is 5.42. The number of hydrogen-bond donors (Lipinski definition) is 2. The fourth-order valence-electron chi connectivity index (χ4n) is 1.37. The van der Waals surface area contributed by atoms with Gasteiger partial charge in [-0.25, -0.2) is 4.39 Å². The van der Waals surface area contributed by atoms with Gasteiger partial charge in [-0.15, -0.1) is 0 Å². The normalized spacial score (nSPS) is 9.81. The predicted molar refractivity (Wildman–Crippen MR) is 62.8 cm³/mol. The molecule has 3 nitrogen and oxygen atoms in total. The average Bonchev–Trinajstić information content (AvgIpc) is 2.29. The maximum atomic E-state index is 13.2. The van der Waals surface area contributed by atoms with E-state index in [0.29, 0.717) is 12.2 Å². The standard InChI is InChI=1S/C12H16FN3/c1-2-6-15-7-8-16-12-5-3-4-11(13)10(12)9-14/h3-5,15-16H,2,6-8H2,1H3. The van der Waals surface area contributed by atoms with Gasteiger partial charge >= 0.3 is 0 Å². The second-order valence-corrected chi connectivity index (χ2v) is 3.45. The molecule has 0 amide bonds. The van der Waals surface area contributed by atoms with Gasteiger partial charge in [0.1, 0.15) is 17.4 Å². The Labute approximate surface area is 95.3 Å². The molecule has 86 valence electrons. The quantitative estimate of drug-likeness (QED) is 0.723. The SMILES string of the molecule is CCCNCCNc1cccc(F)c1C#N. The third-order valence-electron chi connectivity index (χ3n) is 2.17. The zero-order valence-electron chi connectivity index (χ0n) is 9.39. The second-order valence-electron chi connectivity index (χ2n) is 3.45. The van der Waals surface area contributed by atoms with Crippen molar-refractivity contribution in [2.75, 3.05) is 25.0 Å². The molecule has 0 fully saturated rings. The molecule has 0 spiro atoms. The molecule has 0 radical (unpaired) electrons. The highest BCUT2D eigenvalue weighted by atomic mass is 19.1. The molecule has 0 heterocycles. The van der Waals surface area contributed by atoms with Crippen molar-refractivity contribution >= 4 is 5.69 Å². The Kier molecular flexibility index (Phi) is 5.30. The summed E-state index contributed by atoms with van der Waals surface area (Å²) in [5.74, 6) is -0.478. The first-order chi connectivity index (χ1) is 7.79. The molecular weight excluding hydrogens is 205 g/mol. The van der Waals surface area contributed by atoms with Crippen LogP contribution in [-0.2, 0) is 0 Å². The number of rotatable bonds is 6. The van der Waals surface area contributed by atoms with Crippen molar-refractivity contribution < 1.29 is 4.39 Å². The molecule has 0 aliphatic heterocycles. The van der Waals surface area contributed by atoms with Crippen molar-refractivity contribution in [3.8, 4) is 6.07 Å². The van der Waals surface area contributed by atoms with Crippen LogP contribution in [0.2, 0.25) is 0 Å². The number of nitrogens with one attached hydrogen (secondary N) is 2. The first kappa shape index (κ1) is 12.5. The van der Waals surface area contributed by atoms with Gasteiger partial charge < -0.3 is 10.6 Å². The number of anilines is 1. The van der Waals surface area contributed by atoms with E-state index in [0.717, 1.165) is 19.5 Å². The average molecular weight is 221 g/mol. The monoisotopic (exact) mass is 221 g/mol. The van der Waals surface area contributed by atoms with Crippen LogP contribution in [0.5, 0.6) is 0 Å². The summed E-state index contributed by atoms with van der Waals surface area (Å²) in [5, 5.41) is 15.1. The largest absolute Gasteiger partial charge is 0.383 e. The zero-order chi connectivity index (χ0) is 11.8. The molecule has 0 unspecified atom stereocenters. The summed E-state index contributed by atoms with van der Waals surface area (Å²) >= 11 is 0. The smallest absolute Gasteiger partial charge is 0.143 e. The third kappa shape index (κ3) is 3.52. The fraction of sp³-hybridized carbons (Fsp3) is 0.417. The van der Waals surface area contributed by atoms with Crippen LogP contribution in [-0.4, -0.2) is 19.6 Å². The number of hydrogen-bond acceptors (Lipinski definition) is 3. The van der Waals surface area contributed by atoms with Gasteiger partial charge in [-0.2, -0.15) is 5.26 Å². The minimum Gasteiger partial charge on any atom is -0.383 e. The lowest BCUT2D eigenvalue weighted by atomic mass is 10.2. The van der Waals surface area contributed by atoms with Crippen molar-refractivity contribution in [3.05, 3.63) is 29.6 Å². The molecule has 0 atom stereocenters. The van der Waals surface area contributed by atoms with E-state index in [-0.39, 0.29) is 5.56 Å². The predicted octanol–water partition coefficient (Wildman–Crippen LogP) is 2.11. The van der Waals surface area contributed by atoms with Gasteiger partial charge in [0, 0.05) is 13.1 Å². The van der Waals surface area contributed by atoms with Crippen LogP contribution < -0.4 is 10.6 Å². The van der Waals surface area contributed by atoms with Crippen LogP contribution in [0.1, 0.15) is 18.9 Å². The highest BCUT2D eigenvalue weighted by Crippen LogP contribution is 2.16. The molecule has 0 aromatic heterocycles. The Hall–Kier alpha value is -1.60. The highest BCUT2D eigenvalue weighted by molar-refractivity contribution is 5.57. The van der Waals surface area contributed by atoms with Crippen molar-refractivity contribution in [1.29, 1.82) is 5.26 Å². The summed E-state index contributed by atoms with van der Waals surface area (Å²) in [4.78, 5) is 0. The fourth-order valence-corrected chi connectivity index (χ4v) is 1.37. The molecule has 1 rings (SSSR count). The molecule has 2 N–H and O–H groups in total. The van der Waals surface area contributed by atoms with Crippen molar-refractivity contribution in [3.63, 3.8) is 0 Å². The molecule has 0 saturated carbocycles. The van der Waals surface area contributed by atoms with E-state index in [1.165, 1.54) is 6.07 Å². The van der Waals surface area contributed by atoms with Crippen molar-refractivity contribution in [2.24, 2.45) is 0 Å². The Morgan fingerprint density at radius 1 is 1.31 bits per heavy atom. The van der Waals surface area contributed by atoms with Gasteiger partial charge in [-0.3, -0.25) is 0 Å². The summed E-state index contributed by atoms with van der Waals surface area (Å²) in [5.41, 5.74) is 0.638. The van der Waals surface area contributed by atoms with Gasteiger partial charge in [-0.1, -0.05) is 13.0 Å². The number of nitrogens with zero attached hydrogens (tertiary/aromatic N) is 1. The summed E-state index contributed by atoms with van der Waals surface area (Å²) in [6.07, 6.45) is 1.09. The molecular formula is C12H16FN3. The zero-order valence-corrected chi connectivity index (χ0v) is 9.39. The molecule has 0 aliphatic carbocycles. The van der Waals surface area contributed by atoms with Gasteiger partial charge in [0.05, 0.1) is 5.69 Å². The van der Waals surface area contributed by atoms with Gasteiger partial charge in [0.2, 0.25) is 0 Å². The minimum absolute atomic E-state index is 0.0815. The maximum absolute atomic E-state index is 13.2. The lowest BCUT2D eigenvalue weighted by Crippen LogP contribution is -2.23. The molecule has 0 saturated heterocycles. The topological polar surface area (TPSA) is 47.8 Å². The minimum atomic E-state index is -0.478. The Morgan fingerprint density at radius 3 is 2.81 bits per heavy atom. The first-order valence-electron chi connectivity index (χ1n) is 5.42. The van der Waals surface area contributed by atoms with Gasteiger partial charge in [-0.05, 0) is 25.1 Å². The molecule has 1 aromatic rings. The van der Waals surface area contributed by atoms with Crippen LogP contribution in [0.15, 0.2) is 18.2 Å². The molecule has 0 aliphatic rings. The Morgan fingerprint density at radius 2 is 2.12 bits per heavy atom. The van der Waals surface area contributed by atoms with E-state index in [1.807, 2.05) is 6.07 Å². The number of nitriles is 1. The number of halogens is 1. The summed E-state index contributed by atoms with van der Waals surface area (Å²) in [7, 11) is 0. The van der Waals surface area contributed by atoms with E-state index >= 15 is 0 Å². The third-order valence-corrected chi connectivity index (χ3v) is 2.17. The maximum Gasteiger partial charge on any atom is 0.143 e. The van der Waals surface area contributed by atoms with Gasteiger partial charge in [0.15, 0.2) is 0 Å². The summed E-state index contributed by atoms with van der Waals surface area (Å²) < 4.78 is 13.2. The second kappa shape index (κ2) is 6.81. The lowest BCUT2D eigenvalue weighted by molar-refractivity contribution is 0.624. The molecule has 1 aromatic carbocycles. The van der Waals surface area contributed by atoms with E-state index in [2.05, 4.69) is 17.6 Å². The van der Waals surface area contributed by atoms with E-state index < -0.39 is 5.82 Å². The summed E-state index contributed by atoms with van der Waals surface area (Å²) in [6.45, 7) is 4.55. The van der Waals surface area contributed by atoms with Crippen LogP contribution in [0.4, 0.5) is 10.1 Å². The Bertz CT molecular complexity index is 371. The summed E-state index contributed by atoms with van der Waals surface area (Å²) in [6, 6.07) is 6.45. The molecule has 4 heteroatoms. The van der Waals surface area contributed by atoms with Crippen LogP contribution in [0, 0.1) is 17.1 Å². The lowest BCUT2D eigenvalue weighted by Gasteiger charge is -2.08. The molecule has 0 bridgehead atoms. The van der Waals surface area contributed by atoms with E-state index in [4.69, 9.17) is 5.26 Å². The molecule has 16 heavy (non-hydrogen) atoms. The van der Waals surface area contributed by atoms with Crippen LogP contribution in [0.3, 0.4) is 0 Å². The van der Waals surface area contributed by atoms with Crippen molar-refractivity contribution in [2.45, 2.75) is 13.3 Å². The van der Waals surface area contributed by atoms with Gasteiger partial charge in [0.25, 0.3) is 0 Å². The number of benzene rings is 1. The Balaban J connectivity index is 2.48. The highest BCUT2D eigenvalue weighted by Gasteiger charge is 2.06. The van der Waals surface area contributed by atoms with Crippen LogP contribution >= 0.6 is 0 Å².